The summed E-state index contributed by atoms with van der Waals surface area (Å²) in [4.78, 5) is 45.5. The van der Waals surface area contributed by atoms with Gasteiger partial charge in [-0.2, -0.15) is 11.8 Å². The van der Waals surface area contributed by atoms with Crippen molar-refractivity contribution < 1.29 is 23.9 Å². The van der Waals surface area contributed by atoms with Crippen LogP contribution in [-0.4, -0.2) is 47.6 Å². The van der Waals surface area contributed by atoms with Crippen molar-refractivity contribution in [2.24, 2.45) is 11.5 Å². The Morgan fingerprint density at radius 3 is 2.53 bits per heavy atom. The summed E-state index contributed by atoms with van der Waals surface area (Å²) in [5.41, 5.74) is 8.01. The first-order chi connectivity index (χ1) is 8.83. The molecule has 1 aliphatic heterocycles. The monoisotopic (exact) mass is 290 g/mol. The molecule has 6 N–H and O–H groups in total. The van der Waals surface area contributed by atoms with Crippen LogP contribution >= 0.6 is 11.8 Å². The SMILES string of the molecule is CSCC[C@H](N)C(=O)OC1(C(N)=O)NC(=O)NC1=O. The molecule has 1 saturated heterocycles. The predicted octanol–water partition coefficient (Wildman–Crippen LogP) is -2.37. The Kier molecular flexibility index (Phi) is 4.72. The number of nitrogens with one attached hydrogen (secondary N) is 2. The number of esters is 1. The number of carbonyl (C=O) groups excluding carboxylic acids is 4. The molecule has 0 aromatic rings. The van der Waals surface area contributed by atoms with Gasteiger partial charge in [0, 0.05) is 0 Å². The zero-order chi connectivity index (χ0) is 14.6. The lowest BCUT2D eigenvalue weighted by Gasteiger charge is -2.23. The largest absolute Gasteiger partial charge is 0.419 e. The number of hydrogen-bond acceptors (Lipinski definition) is 7. The summed E-state index contributed by atoms with van der Waals surface area (Å²) in [5.74, 6) is -2.85. The van der Waals surface area contributed by atoms with Gasteiger partial charge in [-0.25, -0.2) is 4.79 Å². The molecule has 19 heavy (non-hydrogen) atoms. The smallest absolute Gasteiger partial charge is 0.346 e. The van der Waals surface area contributed by atoms with Gasteiger partial charge in [-0.15, -0.1) is 0 Å². The summed E-state index contributed by atoms with van der Waals surface area (Å²) >= 11 is 1.47. The fourth-order valence-electron chi connectivity index (χ4n) is 1.32. The fraction of sp³-hybridized carbons (Fsp3) is 0.556. The van der Waals surface area contributed by atoms with Gasteiger partial charge in [0.05, 0.1) is 0 Å². The fourth-order valence-corrected chi connectivity index (χ4v) is 1.81. The Bertz CT molecular complexity index is 429. The van der Waals surface area contributed by atoms with E-state index >= 15 is 0 Å². The lowest BCUT2D eigenvalue weighted by atomic mass is 10.2. The topological polar surface area (TPSA) is 154 Å². The number of ether oxygens (including phenoxy) is 1. The number of nitrogens with two attached hydrogens (primary N) is 2. The van der Waals surface area contributed by atoms with E-state index in [9.17, 15) is 19.2 Å². The Morgan fingerprint density at radius 2 is 2.11 bits per heavy atom. The van der Waals surface area contributed by atoms with Crippen LogP contribution in [0.4, 0.5) is 4.79 Å². The van der Waals surface area contributed by atoms with E-state index in [1.165, 1.54) is 11.8 Å². The number of rotatable bonds is 6. The number of urea groups is 1. The van der Waals surface area contributed by atoms with Crippen molar-refractivity contribution in [2.45, 2.75) is 18.2 Å². The van der Waals surface area contributed by atoms with Crippen LogP contribution in [-0.2, 0) is 19.1 Å². The third-order valence-corrected chi connectivity index (χ3v) is 3.02. The van der Waals surface area contributed by atoms with Gasteiger partial charge in [0.25, 0.3) is 5.91 Å². The van der Waals surface area contributed by atoms with Crippen molar-refractivity contribution in [2.75, 3.05) is 12.0 Å². The van der Waals surface area contributed by atoms with Crippen LogP contribution in [0, 0.1) is 0 Å². The second kappa shape index (κ2) is 5.89. The molecule has 10 heteroatoms. The van der Waals surface area contributed by atoms with Crippen molar-refractivity contribution in [3.63, 3.8) is 0 Å². The average Bonchev–Trinajstić information content (AvgIpc) is 2.61. The van der Waals surface area contributed by atoms with E-state index in [0.717, 1.165) is 0 Å². The Hall–Kier alpha value is -1.81. The molecule has 0 saturated carbocycles. The average molecular weight is 290 g/mol. The highest BCUT2D eigenvalue weighted by Crippen LogP contribution is 2.14. The van der Waals surface area contributed by atoms with Crippen LogP contribution in [0.25, 0.3) is 0 Å². The lowest BCUT2D eigenvalue weighted by Crippen LogP contribution is -2.61. The van der Waals surface area contributed by atoms with Crippen LogP contribution in [0.5, 0.6) is 0 Å². The van der Waals surface area contributed by atoms with Gasteiger partial charge in [-0.3, -0.25) is 25.0 Å². The number of carbonyl (C=O) groups is 4. The van der Waals surface area contributed by atoms with Crippen molar-refractivity contribution in [1.29, 1.82) is 0 Å². The molecule has 1 fully saturated rings. The molecule has 1 aliphatic rings. The first kappa shape index (κ1) is 15.2. The summed E-state index contributed by atoms with van der Waals surface area (Å²) in [5, 5.41) is 3.65. The molecule has 0 aliphatic carbocycles. The molecular weight excluding hydrogens is 276 g/mol. The molecule has 0 bridgehead atoms. The first-order valence-electron chi connectivity index (χ1n) is 5.24. The molecule has 0 aromatic carbocycles. The molecule has 2 atom stereocenters. The maximum absolute atomic E-state index is 11.7. The third kappa shape index (κ3) is 3.15. The minimum absolute atomic E-state index is 0.296. The van der Waals surface area contributed by atoms with Crippen LogP contribution in [0.15, 0.2) is 0 Å². The maximum atomic E-state index is 11.7. The summed E-state index contributed by atoms with van der Waals surface area (Å²) in [6.45, 7) is 0. The minimum atomic E-state index is -2.52. The zero-order valence-corrected chi connectivity index (χ0v) is 10.9. The van der Waals surface area contributed by atoms with E-state index in [0.29, 0.717) is 12.2 Å². The quantitative estimate of drug-likeness (QED) is 0.242. The Labute approximate surface area is 112 Å². The molecule has 4 amide bonds. The van der Waals surface area contributed by atoms with E-state index in [-0.39, 0.29) is 0 Å². The van der Waals surface area contributed by atoms with Gasteiger partial charge in [0.2, 0.25) is 0 Å². The minimum Gasteiger partial charge on any atom is -0.419 e. The predicted molar refractivity (Wildman–Crippen MR) is 65.7 cm³/mol. The standard InChI is InChI=1S/C9H14N4O5S/c1-19-3-2-4(10)5(14)18-9(6(11)15)7(16)12-8(17)13-9/h4H,2-3,10H2,1H3,(H2,11,15)(H2,12,13,16,17)/t4-,9?/m0/s1. The molecule has 106 valence electrons. The van der Waals surface area contributed by atoms with Gasteiger partial charge in [0.1, 0.15) is 6.04 Å². The number of primary amides is 1. The Balaban J connectivity index is 2.81. The maximum Gasteiger partial charge on any atom is 0.346 e. The Morgan fingerprint density at radius 1 is 1.47 bits per heavy atom. The second-order valence-electron chi connectivity index (χ2n) is 3.76. The van der Waals surface area contributed by atoms with Gasteiger partial charge in [0.15, 0.2) is 0 Å². The van der Waals surface area contributed by atoms with Gasteiger partial charge in [-0.05, 0) is 18.4 Å². The zero-order valence-electron chi connectivity index (χ0n) is 10.1. The van der Waals surface area contributed by atoms with E-state index < -0.39 is 35.6 Å². The van der Waals surface area contributed by atoms with Gasteiger partial charge < -0.3 is 16.2 Å². The van der Waals surface area contributed by atoms with E-state index in [1.807, 2.05) is 11.6 Å². The van der Waals surface area contributed by atoms with Crippen molar-refractivity contribution in [1.82, 2.24) is 10.6 Å². The van der Waals surface area contributed by atoms with Gasteiger partial charge in [-0.1, -0.05) is 0 Å². The highest BCUT2D eigenvalue weighted by atomic mass is 32.2. The van der Waals surface area contributed by atoms with Crippen LogP contribution in [0.2, 0.25) is 0 Å². The second-order valence-corrected chi connectivity index (χ2v) is 4.75. The molecule has 0 radical (unpaired) electrons. The molecule has 0 spiro atoms. The molecule has 0 aromatic heterocycles. The molecule has 1 heterocycles. The number of hydrogen-bond donors (Lipinski definition) is 4. The molecule has 1 unspecified atom stereocenters. The van der Waals surface area contributed by atoms with E-state index in [2.05, 4.69) is 0 Å². The normalized spacial score (nSPS) is 23.5. The van der Waals surface area contributed by atoms with Crippen molar-refractivity contribution in [3.05, 3.63) is 0 Å². The van der Waals surface area contributed by atoms with Crippen LogP contribution < -0.4 is 22.1 Å². The summed E-state index contributed by atoms with van der Waals surface area (Å²) in [7, 11) is 0. The van der Waals surface area contributed by atoms with E-state index in [4.69, 9.17) is 16.2 Å². The highest BCUT2D eigenvalue weighted by molar-refractivity contribution is 7.98. The van der Waals surface area contributed by atoms with E-state index in [1.54, 1.807) is 5.32 Å². The van der Waals surface area contributed by atoms with Crippen LogP contribution in [0.1, 0.15) is 6.42 Å². The summed E-state index contributed by atoms with van der Waals surface area (Å²) < 4.78 is 4.71. The lowest BCUT2D eigenvalue weighted by molar-refractivity contribution is -0.174. The van der Waals surface area contributed by atoms with Crippen molar-refractivity contribution >= 4 is 35.6 Å². The number of thioether (sulfide) groups is 1. The molecule has 1 rings (SSSR count). The third-order valence-electron chi connectivity index (χ3n) is 2.37. The van der Waals surface area contributed by atoms with Crippen molar-refractivity contribution in [3.8, 4) is 0 Å². The molecule has 9 nitrogen and oxygen atoms in total. The van der Waals surface area contributed by atoms with Gasteiger partial charge >= 0.3 is 23.6 Å². The van der Waals surface area contributed by atoms with Crippen LogP contribution in [0.3, 0.4) is 0 Å². The number of amides is 4. The molecular formula is C9H14N4O5S. The highest BCUT2D eigenvalue weighted by Gasteiger charge is 2.56. The summed E-state index contributed by atoms with van der Waals surface area (Å²) in [6.07, 6.45) is 2.12. The summed E-state index contributed by atoms with van der Waals surface area (Å²) in [6, 6.07) is -2.00. The number of imide groups is 1. The first-order valence-corrected chi connectivity index (χ1v) is 6.63.